The Morgan fingerprint density at radius 1 is 0.750 bits per heavy atom. The summed E-state index contributed by atoms with van der Waals surface area (Å²) >= 11 is 0. The molecule has 0 aliphatic carbocycles. The van der Waals surface area contributed by atoms with E-state index in [0.29, 0.717) is 0 Å². The highest BCUT2D eigenvalue weighted by Crippen LogP contribution is 2.37. The van der Waals surface area contributed by atoms with Crippen LogP contribution in [0.5, 0.6) is 0 Å². The van der Waals surface area contributed by atoms with Gasteiger partial charge in [-0.1, -0.05) is 42.5 Å². The third-order valence-corrected chi connectivity index (χ3v) is 6.20. The molecule has 4 aromatic rings. The summed E-state index contributed by atoms with van der Waals surface area (Å²) in [6, 6.07) is 21.2. The Morgan fingerprint density at radius 3 is 2.29 bits per heavy atom. The highest BCUT2D eigenvalue weighted by atomic mass is 16.7. The van der Waals surface area contributed by atoms with Gasteiger partial charge in [0.2, 0.25) is 0 Å². The van der Waals surface area contributed by atoms with E-state index in [1.165, 1.54) is 21.9 Å². The Morgan fingerprint density at radius 2 is 1.50 bits per heavy atom. The van der Waals surface area contributed by atoms with Gasteiger partial charge in [0, 0.05) is 5.39 Å². The zero-order valence-electron chi connectivity index (χ0n) is 16.7. The van der Waals surface area contributed by atoms with Gasteiger partial charge >= 0.3 is 7.12 Å². The summed E-state index contributed by atoms with van der Waals surface area (Å²) in [6.45, 7) is 8.32. The fourth-order valence-electron chi connectivity index (χ4n) is 3.80. The minimum Gasteiger partial charge on any atom is -0.464 e. The molecule has 140 valence electrons. The van der Waals surface area contributed by atoms with E-state index in [1.807, 2.05) is 18.2 Å². The Balaban J connectivity index is 1.58. The molecule has 0 bridgehead atoms. The molecule has 1 aliphatic rings. The minimum atomic E-state index is -0.352. The monoisotopic (exact) mass is 370 g/mol. The zero-order chi connectivity index (χ0) is 19.5. The Labute approximate surface area is 165 Å². The summed E-state index contributed by atoms with van der Waals surface area (Å²) in [6.07, 6.45) is 1.74. The van der Waals surface area contributed by atoms with E-state index in [1.54, 1.807) is 6.26 Å². The van der Waals surface area contributed by atoms with Crippen LogP contribution in [0.2, 0.25) is 0 Å². The molecule has 0 radical (unpaired) electrons. The normalized spacial score (nSPS) is 18.2. The molecule has 3 nitrogen and oxygen atoms in total. The molecule has 1 fully saturated rings. The van der Waals surface area contributed by atoms with Gasteiger partial charge in [-0.15, -0.1) is 0 Å². The molecule has 2 heterocycles. The first-order valence-electron chi connectivity index (χ1n) is 9.70. The van der Waals surface area contributed by atoms with Crippen LogP contribution in [0, 0.1) is 0 Å². The third kappa shape index (κ3) is 2.68. The van der Waals surface area contributed by atoms with Crippen molar-refractivity contribution in [1.29, 1.82) is 0 Å². The Hall–Kier alpha value is -2.56. The van der Waals surface area contributed by atoms with Crippen LogP contribution in [-0.4, -0.2) is 18.3 Å². The lowest BCUT2D eigenvalue weighted by atomic mass is 9.78. The molecule has 1 saturated heterocycles. The maximum absolute atomic E-state index is 6.23. The van der Waals surface area contributed by atoms with Crippen LogP contribution in [0.25, 0.3) is 32.9 Å². The van der Waals surface area contributed by atoms with Crippen LogP contribution in [0.15, 0.2) is 71.3 Å². The van der Waals surface area contributed by atoms with Crippen molar-refractivity contribution in [3.63, 3.8) is 0 Å². The number of benzene rings is 3. The van der Waals surface area contributed by atoms with Gasteiger partial charge in [-0.05, 0) is 73.3 Å². The molecule has 4 heteroatoms. The number of furan rings is 1. The lowest BCUT2D eigenvalue weighted by molar-refractivity contribution is 0.00578. The average Bonchev–Trinajstić information content (AvgIpc) is 3.22. The maximum atomic E-state index is 6.23. The zero-order valence-corrected chi connectivity index (χ0v) is 16.7. The van der Waals surface area contributed by atoms with E-state index < -0.39 is 0 Å². The number of hydrogen-bond donors (Lipinski definition) is 0. The molecule has 0 amide bonds. The Kier molecular flexibility index (Phi) is 3.74. The summed E-state index contributed by atoms with van der Waals surface area (Å²) in [7, 11) is -0.352. The van der Waals surface area contributed by atoms with Crippen molar-refractivity contribution in [2.75, 3.05) is 0 Å². The lowest BCUT2D eigenvalue weighted by Gasteiger charge is -2.32. The molecule has 0 saturated carbocycles. The SMILES string of the molecule is CC1(C)OB(c2ccc3ccc(-c4cccc5occc45)cc3c2)OC1(C)C. The summed E-state index contributed by atoms with van der Waals surface area (Å²) in [5.41, 5.74) is 3.62. The molecule has 28 heavy (non-hydrogen) atoms. The third-order valence-electron chi connectivity index (χ3n) is 6.20. The average molecular weight is 370 g/mol. The van der Waals surface area contributed by atoms with Crippen LogP contribution in [0.1, 0.15) is 27.7 Å². The van der Waals surface area contributed by atoms with E-state index in [-0.39, 0.29) is 18.3 Å². The predicted molar refractivity (Wildman–Crippen MR) is 115 cm³/mol. The Bertz CT molecular complexity index is 1170. The van der Waals surface area contributed by atoms with E-state index in [0.717, 1.165) is 16.4 Å². The molecule has 0 unspecified atom stereocenters. The first kappa shape index (κ1) is 17.5. The standard InChI is InChI=1S/C24H23BO3/c1-23(2)24(3,4)28-25(27-23)19-11-10-16-8-9-17(14-18(16)15-19)20-6-5-7-22-21(20)12-13-26-22/h5-15H,1-4H3. The fraction of sp³-hybridized carbons (Fsp3) is 0.250. The second-order valence-corrected chi connectivity index (χ2v) is 8.55. The van der Waals surface area contributed by atoms with Crippen LogP contribution in [0.4, 0.5) is 0 Å². The smallest absolute Gasteiger partial charge is 0.464 e. The molecule has 1 aromatic heterocycles. The summed E-state index contributed by atoms with van der Waals surface area (Å²) in [5, 5.41) is 3.50. The van der Waals surface area contributed by atoms with Crippen molar-refractivity contribution < 1.29 is 13.7 Å². The van der Waals surface area contributed by atoms with Gasteiger partial charge in [-0.25, -0.2) is 0 Å². The molecule has 0 N–H and O–H groups in total. The van der Waals surface area contributed by atoms with Gasteiger partial charge in [0.25, 0.3) is 0 Å². The molecule has 0 atom stereocenters. The lowest BCUT2D eigenvalue weighted by Crippen LogP contribution is -2.41. The minimum absolute atomic E-state index is 0.342. The van der Waals surface area contributed by atoms with E-state index >= 15 is 0 Å². The first-order valence-corrected chi connectivity index (χ1v) is 9.70. The van der Waals surface area contributed by atoms with Crippen molar-refractivity contribution >= 4 is 34.3 Å². The highest BCUT2D eigenvalue weighted by Gasteiger charge is 2.51. The van der Waals surface area contributed by atoms with Crippen LogP contribution >= 0.6 is 0 Å². The van der Waals surface area contributed by atoms with Crippen LogP contribution in [-0.2, 0) is 9.31 Å². The predicted octanol–water partition coefficient (Wildman–Crippen LogP) is 5.55. The van der Waals surface area contributed by atoms with Gasteiger partial charge in [-0.2, -0.15) is 0 Å². The van der Waals surface area contributed by atoms with E-state index in [4.69, 9.17) is 13.7 Å². The van der Waals surface area contributed by atoms with Crippen molar-refractivity contribution in [2.24, 2.45) is 0 Å². The highest BCUT2D eigenvalue weighted by molar-refractivity contribution is 6.62. The van der Waals surface area contributed by atoms with E-state index in [2.05, 4.69) is 70.2 Å². The van der Waals surface area contributed by atoms with Crippen LogP contribution in [0.3, 0.4) is 0 Å². The van der Waals surface area contributed by atoms with Crippen molar-refractivity contribution in [3.05, 3.63) is 66.9 Å². The summed E-state index contributed by atoms with van der Waals surface area (Å²) in [5.74, 6) is 0. The summed E-state index contributed by atoms with van der Waals surface area (Å²) in [4.78, 5) is 0. The first-order chi connectivity index (χ1) is 13.3. The maximum Gasteiger partial charge on any atom is 0.494 e. The second kappa shape index (κ2) is 5.97. The van der Waals surface area contributed by atoms with Gasteiger partial charge in [-0.3, -0.25) is 0 Å². The largest absolute Gasteiger partial charge is 0.494 e. The fourth-order valence-corrected chi connectivity index (χ4v) is 3.80. The molecule has 5 rings (SSSR count). The van der Waals surface area contributed by atoms with Gasteiger partial charge in [0.05, 0.1) is 17.5 Å². The van der Waals surface area contributed by atoms with Crippen LogP contribution < -0.4 is 5.46 Å². The van der Waals surface area contributed by atoms with Crippen molar-refractivity contribution in [1.82, 2.24) is 0 Å². The second-order valence-electron chi connectivity index (χ2n) is 8.55. The molecule has 3 aromatic carbocycles. The summed E-state index contributed by atoms with van der Waals surface area (Å²) < 4.78 is 18.0. The van der Waals surface area contributed by atoms with Crippen molar-refractivity contribution in [3.8, 4) is 11.1 Å². The number of hydrogen-bond acceptors (Lipinski definition) is 3. The number of fused-ring (bicyclic) bond motifs is 2. The van der Waals surface area contributed by atoms with Crippen molar-refractivity contribution in [2.45, 2.75) is 38.9 Å². The molecule has 0 spiro atoms. The number of rotatable bonds is 2. The molecule has 1 aliphatic heterocycles. The molecular weight excluding hydrogens is 347 g/mol. The van der Waals surface area contributed by atoms with Gasteiger partial charge in [0.15, 0.2) is 0 Å². The molecular formula is C24H23BO3. The van der Waals surface area contributed by atoms with Gasteiger partial charge < -0.3 is 13.7 Å². The van der Waals surface area contributed by atoms with Gasteiger partial charge in [0.1, 0.15) is 5.58 Å². The topological polar surface area (TPSA) is 31.6 Å². The van der Waals surface area contributed by atoms with E-state index in [9.17, 15) is 0 Å². The quantitative estimate of drug-likeness (QED) is 0.434.